The van der Waals surface area contributed by atoms with E-state index in [2.05, 4.69) is 4.98 Å². The molecular weight excluding hydrogens is 351 g/mol. The van der Waals surface area contributed by atoms with Crippen LogP contribution in [0.1, 0.15) is 32.3 Å². The number of nitrogens with two attached hydrogens (primary N) is 1. The number of aromatic nitrogens is 2. The fourth-order valence-electron chi connectivity index (χ4n) is 2.67. The molecule has 0 saturated heterocycles. The van der Waals surface area contributed by atoms with Crippen molar-refractivity contribution >= 4 is 23.5 Å². The smallest absolute Gasteiger partial charge is 0.330 e. The molecular formula is C19H23FN4O3. The number of benzene rings is 1. The Kier molecular flexibility index (Phi) is 6.70. The van der Waals surface area contributed by atoms with Crippen LogP contribution >= 0.6 is 0 Å². The number of nitrogen functional groups attached to an aromatic ring is 1. The first-order valence-corrected chi connectivity index (χ1v) is 8.76. The molecule has 144 valence electrons. The molecule has 3 N–H and O–H groups in total. The van der Waals surface area contributed by atoms with Crippen LogP contribution in [0, 0.1) is 5.82 Å². The van der Waals surface area contributed by atoms with Gasteiger partial charge in [-0.1, -0.05) is 25.5 Å². The second kappa shape index (κ2) is 8.98. The van der Waals surface area contributed by atoms with Crippen molar-refractivity contribution in [1.29, 1.82) is 0 Å². The largest absolute Gasteiger partial charge is 0.383 e. The predicted molar refractivity (Wildman–Crippen MR) is 104 cm³/mol. The molecule has 1 aromatic carbocycles. The number of unbranched alkanes of at least 4 members (excludes halogenated alkanes) is 1. The van der Waals surface area contributed by atoms with Gasteiger partial charge in [0, 0.05) is 19.2 Å². The van der Waals surface area contributed by atoms with Gasteiger partial charge in [0.1, 0.15) is 11.6 Å². The lowest BCUT2D eigenvalue weighted by atomic mass is 10.2. The van der Waals surface area contributed by atoms with Gasteiger partial charge in [0.15, 0.2) is 5.69 Å². The molecule has 1 heterocycles. The molecule has 0 aliphatic carbocycles. The highest BCUT2D eigenvalue weighted by Gasteiger charge is 2.21. The summed E-state index contributed by atoms with van der Waals surface area (Å²) in [6, 6.07) is 5.77. The molecule has 7 nitrogen and oxygen atoms in total. The molecule has 0 saturated carbocycles. The number of rotatable bonds is 7. The highest BCUT2D eigenvalue weighted by atomic mass is 19.1. The second-order valence-electron chi connectivity index (χ2n) is 5.97. The van der Waals surface area contributed by atoms with Crippen molar-refractivity contribution in [3.05, 3.63) is 62.6 Å². The fraction of sp³-hybridized carbons (Fsp3) is 0.316. The Bertz CT molecular complexity index is 962. The Morgan fingerprint density at radius 3 is 2.70 bits per heavy atom. The van der Waals surface area contributed by atoms with Crippen LogP contribution in [0.25, 0.3) is 6.08 Å². The number of hydrogen-bond donors (Lipinski definition) is 2. The minimum atomic E-state index is -0.723. The molecule has 2 rings (SSSR count). The van der Waals surface area contributed by atoms with Crippen molar-refractivity contribution in [2.45, 2.75) is 33.2 Å². The molecule has 1 amide bonds. The van der Waals surface area contributed by atoms with E-state index in [1.54, 1.807) is 13.0 Å². The maximum Gasteiger partial charge on any atom is 0.330 e. The number of aromatic amines is 1. The normalized spacial score (nSPS) is 11.1. The van der Waals surface area contributed by atoms with E-state index in [0.29, 0.717) is 18.5 Å². The van der Waals surface area contributed by atoms with Crippen molar-refractivity contribution in [2.75, 3.05) is 17.2 Å². The number of anilines is 2. The third-order valence-electron chi connectivity index (χ3n) is 4.07. The van der Waals surface area contributed by atoms with E-state index in [4.69, 9.17) is 5.73 Å². The maximum absolute atomic E-state index is 13.2. The monoisotopic (exact) mass is 374 g/mol. The number of nitrogens with zero attached hydrogens (tertiary/aromatic N) is 2. The lowest BCUT2D eigenvalue weighted by Gasteiger charge is -2.21. The highest BCUT2D eigenvalue weighted by molar-refractivity contribution is 6.05. The number of carbonyl (C=O) groups excluding carboxylic acids is 1. The molecule has 27 heavy (non-hydrogen) atoms. The van der Waals surface area contributed by atoms with Gasteiger partial charge >= 0.3 is 5.69 Å². The number of amides is 1. The van der Waals surface area contributed by atoms with Crippen molar-refractivity contribution < 1.29 is 9.18 Å². The number of halogens is 1. The van der Waals surface area contributed by atoms with E-state index in [0.717, 1.165) is 6.42 Å². The maximum atomic E-state index is 13.2. The quantitative estimate of drug-likeness (QED) is 0.725. The van der Waals surface area contributed by atoms with Crippen LogP contribution in [0.3, 0.4) is 0 Å². The summed E-state index contributed by atoms with van der Waals surface area (Å²) in [5.41, 5.74) is 5.16. The van der Waals surface area contributed by atoms with Crippen molar-refractivity contribution in [3.63, 3.8) is 0 Å². The molecule has 0 aliphatic heterocycles. The number of H-pyrrole nitrogens is 1. The fourth-order valence-corrected chi connectivity index (χ4v) is 2.67. The Morgan fingerprint density at radius 1 is 1.33 bits per heavy atom. The van der Waals surface area contributed by atoms with Crippen LogP contribution in [-0.4, -0.2) is 22.0 Å². The van der Waals surface area contributed by atoms with Gasteiger partial charge in [-0.05, 0) is 37.1 Å². The number of carbonyl (C=O) groups is 1. The van der Waals surface area contributed by atoms with E-state index in [1.807, 2.05) is 6.92 Å². The van der Waals surface area contributed by atoms with Crippen LogP contribution in [0.15, 0.2) is 39.9 Å². The molecule has 1 aromatic heterocycles. The van der Waals surface area contributed by atoms with Gasteiger partial charge in [-0.25, -0.2) is 9.18 Å². The van der Waals surface area contributed by atoms with E-state index in [1.165, 1.54) is 39.8 Å². The SMILES string of the molecule is CCCCn1c(N)c(N(CC)C(=O)C=Cc2cccc(F)c2)c(=O)[nH]c1=O. The van der Waals surface area contributed by atoms with Gasteiger partial charge in [0.25, 0.3) is 11.5 Å². The zero-order chi connectivity index (χ0) is 20.0. The molecule has 2 aromatic rings. The van der Waals surface area contributed by atoms with Crippen LogP contribution in [-0.2, 0) is 11.3 Å². The summed E-state index contributed by atoms with van der Waals surface area (Å²) in [5.74, 6) is -0.966. The van der Waals surface area contributed by atoms with Crippen molar-refractivity contribution in [2.24, 2.45) is 0 Å². The third-order valence-corrected chi connectivity index (χ3v) is 4.07. The predicted octanol–water partition coefficient (Wildman–Crippen LogP) is 2.12. The van der Waals surface area contributed by atoms with Crippen LogP contribution in [0.2, 0.25) is 0 Å². The van der Waals surface area contributed by atoms with Gasteiger partial charge in [-0.3, -0.25) is 19.1 Å². The molecule has 8 heteroatoms. The Labute approximate surface area is 155 Å². The van der Waals surface area contributed by atoms with Gasteiger partial charge in [-0.15, -0.1) is 0 Å². The summed E-state index contributed by atoms with van der Waals surface area (Å²) in [6.45, 7) is 4.17. The van der Waals surface area contributed by atoms with Crippen LogP contribution in [0.5, 0.6) is 0 Å². The highest BCUT2D eigenvalue weighted by Crippen LogP contribution is 2.18. The van der Waals surface area contributed by atoms with Gasteiger partial charge in [0.05, 0.1) is 0 Å². The zero-order valence-corrected chi connectivity index (χ0v) is 15.4. The van der Waals surface area contributed by atoms with Crippen LogP contribution < -0.4 is 21.9 Å². The van der Waals surface area contributed by atoms with Gasteiger partial charge < -0.3 is 10.6 Å². The topological polar surface area (TPSA) is 101 Å². The Balaban J connectivity index is 2.40. The first kappa shape index (κ1) is 20.2. The van der Waals surface area contributed by atoms with Crippen molar-refractivity contribution in [3.8, 4) is 0 Å². The summed E-state index contributed by atoms with van der Waals surface area (Å²) in [7, 11) is 0. The summed E-state index contributed by atoms with van der Waals surface area (Å²) < 4.78 is 14.5. The standard InChI is InChI=1S/C19H23FN4O3/c1-3-5-11-24-17(21)16(18(26)22-19(24)27)23(4-2)15(25)10-9-13-7-6-8-14(20)12-13/h6-10,12H,3-5,11,21H2,1-2H3,(H,22,26,27). The zero-order valence-electron chi connectivity index (χ0n) is 15.4. The molecule has 0 unspecified atom stereocenters. The summed E-state index contributed by atoms with van der Waals surface area (Å²) in [6.07, 6.45) is 4.23. The average Bonchev–Trinajstić information content (AvgIpc) is 2.63. The summed E-state index contributed by atoms with van der Waals surface area (Å²) >= 11 is 0. The summed E-state index contributed by atoms with van der Waals surface area (Å²) in [5, 5.41) is 0. The minimum Gasteiger partial charge on any atom is -0.383 e. The van der Waals surface area contributed by atoms with Gasteiger partial charge in [0.2, 0.25) is 0 Å². The number of hydrogen-bond acceptors (Lipinski definition) is 4. The molecule has 0 radical (unpaired) electrons. The molecule has 0 aliphatic rings. The number of likely N-dealkylation sites (N-methyl/N-ethyl adjacent to an activating group) is 1. The lowest BCUT2D eigenvalue weighted by Crippen LogP contribution is -2.40. The minimum absolute atomic E-state index is 0.0495. The van der Waals surface area contributed by atoms with E-state index in [9.17, 15) is 18.8 Å². The Hall–Kier alpha value is -3.16. The van der Waals surface area contributed by atoms with Gasteiger partial charge in [-0.2, -0.15) is 0 Å². The summed E-state index contributed by atoms with van der Waals surface area (Å²) in [4.78, 5) is 40.3. The first-order valence-electron chi connectivity index (χ1n) is 8.76. The van der Waals surface area contributed by atoms with E-state index in [-0.39, 0.29) is 18.1 Å². The second-order valence-corrected chi connectivity index (χ2v) is 5.97. The van der Waals surface area contributed by atoms with E-state index >= 15 is 0 Å². The molecule has 0 fully saturated rings. The molecule has 0 atom stereocenters. The first-order chi connectivity index (χ1) is 12.9. The lowest BCUT2D eigenvalue weighted by molar-refractivity contribution is -0.114. The molecule has 0 bridgehead atoms. The third kappa shape index (κ3) is 4.72. The average molecular weight is 374 g/mol. The number of nitrogens with one attached hydrogen (secondary N) is 1. The van der Waals surface area contributed by atoms with Crippen LogP contribution in [0.4, 0.5) is 15.9 Å². The Morgan fingerprint density at radius 2 is 2.07 bits per heavy atom. The molecule has 0 spiro atoms. The van der Waals surface area contributed by atoms with E-state index < -0.39 is 23.0 Å². The van der Waals surface area contributed by atoms with Crippen molar-refractivity contribution in [1.82, 2.24) is 9.55 Å².